The van der Waals surface area contributed by atoms with Crippen molar-refractivity contribution in [3.05, 3.63) is 57.5 Å². The van der Waals surface area contributed by atoms with Gasteiger partial charge in [-0.15, -0.1) is 0 Å². The summed E-state index contributed by atoms with van der Waals surface area (Å²) in [6, 6.07) is 8.06. The van der Waals surface area contributed by atoms with Gasteiger partial charge in [0.15, 0.2) is 0 Å². The molecule has 1 saturated heterocycles. The Morgan fingerprint density at radius 1 is 1.31 bits per heavy atom. The molecule has 1 atom stereocenters. The number of nitrogens with two attached hydrogens (primary N) is 1. The van der Waals surface area contributed by atoms with E-state index in [9.17, 15) is 14.4 Å². The van der Waals surface area contributed by atoms with Crippen LogP contribution in [-0.2, 0) is 11.2 Å². The molecule has 8 heteroatoms. The van der Waals surface area contributed by atoms with Crippen molar-refractivity contribution >= 4 is 17.8 Å². The molecule has 1 aliphatic heterocycles. The first kappa shape index (κ1) is 17.7. The van der Waals surface area contributed by atoms with Gasteiger partial charge in [0.2, 0.25) is 11.9 Å². The number of hydrogen-bond donors (Lipinski definition) is 3. The lowest BCUT2D eigenvalue weighted by Crippen LogP contribution is -2.40. The molecule has 0 bridgehead atoms. The van der Waals surface area contributed by atoms with E-state index in [1.807, 2.05) is 0 Å². The Morgan fingerprint density at radius 2 is 2.04 bits per heavy atom. The van der Waals surface area contributed by atoms with Gasteiger partial charge < -0.3 is 15.7 Å². The van der Waals surface area contributed by atoms with Crippen LogP contribution in [0.5, 0.6) is 0 Å². The monoisotopic (exact) mass is 356 g/mol. The molecule has 8 nitrogen and oxygen atoms in total. The highest BCUT2D eigenvalue weighted by atomic mass is 16.4. The van der Waals surface area contributed by atoms with Gasteiger partial charge in [0.1, 0.15) is 0 Å². The number of carbonyl (C=O) groups excluding carboxylic acids is 1. The summed E-state index contributed by atoms with van der Waals surface area (Å²) in [5.41, 5.74) is 6.75. The molecule has 1 aromatic heterocycles. The Kier molecular flexibility index (Phi) is 5.01. The van der Waals surface area contributed by atoms with Crippen molar-refractivity contribution in [2.24, 2.45) is 0 Å². The number of piperidine rings is 1. The van der Waals surface area contributed by atoms with Gasteiger partial charge in [-0.2, -0.15) is 0 Å². The Bertz CT molecular complexity index is 876. The van der Waals surface area contributed by atoms with Gasteiger partial charge in [-0.25, -0.2) is 9.78 Å². The molecule has 136 valence electrons. The molecule has 2 aromatic rings. The summed E-state index contributed by atoms with van der Waals surface area (Å²) < 4.78 is 0. The second-order valence-corrected chi connectivity index (χ2v) is 6.40. The summed E-state index contributed by atoms with van der Waals surface area (Å²) in [5, 5.41) is 8.99. The number of aromatic amines is 1. The zero-order valence-corrected chi connectivity index (χ0v) is 14.1. The number of nitrogens with zero attached hydrogens (tertiary/aromatic N) is 2. The van der Waals surface area contributed by atoms with Gasteiger partial charge >= 0.3 is 5.97 Å². The highest BCUT2D eigenvalue weighted by molar-refractivity contribution is 5.87. The van der Waals surface area contributed by atoms with Crippen LogP contribution in [0.3, 0.4) is 0 Å². The lowest BCUT2D eigenvalue weighted by Gasteiger charge is -2.33. The van der Waals surface area contributed by atoms with Crippen molar-refractivity contribution in [3.63, 3.8) is 0 Å². The quantitative estimate of drug-likeness (QED) is 0.749. The number of benzene rings is 1. The number of likely N-dealkylation sites (tertiary alicyclic amines) is 1. The molecule has 0 spiro atoms. The van der Waals surface area contributed by atoms with E-state index in [1.54, 1.807) is 29.2 Å². The Morgan fingerprint density at radius 3 is 2.69 bits per heavy atom. The van der Waals surface area contributed by atoms with Crippen LogP contribution >= 0.6 is 0 Å². The second kappa shape index (κ2) is 7.38. The van der Waals surface area contributed by atoms with Crippen LogP contribution in [-0.4, -0.2) is 44.9 Å². The number of carbonyl (C=O) groups is 2. The summed E-state index contributed by atoms with van der Waals surface area (Å²) in [6.45, 7) is 1.21. The molecular formula is C18H20N4O4. The van der Waals surface area contributed by atoms with E-state index in [1.165, 1.54) is 6.07 Å². The minimum atomic E-state index is -0.957. The molecule has 0 saturated carbocycles. The first-order chi connectivity index (χ1) is 12.4. The summed E-state index contributed by atoms with van der Waals surface area (Å²) in [6.07, 6.45) is 1.83. The highest BCUT2D eigenvalue weighted by Gasteiger charge is 2.25. The van der Waals surface area contributed by atoms with Gasteiger partial charge in [0.25, 0.3) is 5.56 Å². The fourth-order valence-electron chi connectivity index (χ4n) is 3.26. The normalized spacial score (nSPS) is 17.1. The van der Waals surface area contributed by atoms with E-state index >= 15 is 0 Å². The first-order valence-electron chi connectivity index (χ1n) is 8.39. The molecule has 2 heterocycles. The smallest absolute Gasteiger partial charge is 0.335 e. The van der Waals surface area contributed by atoms with Crippen LogP contribution in [0.15, 0.2) is 35.1 Å². The molecule has 26 heavy (non-hydrogen) atoms. The molecular weight excluding hydrogens is 336 g/mol. The number of nitrogens with one attached hydrogen (secondary N) is 1. The standard InChI is InChI=1S/C18H20N4O4/c19-18-20-14(8-15(23)21-18)9-16(24)22-7-1-2-13(10-22)11-3-5-12(6-4-11)17(25)26/h3-6,8,13H,1-2,7,9-10H2,(H,25,26)(H3,19,20,21,23). The average molecular weight is 356 g/mol. The molecule has 1 amide bonds. The van der Waals surface area contributed by atoms with E-state index in [4.69, 9.17) is 10.8 Å². The maximum atomic E-state index is 12.6. The van der Waals surface area contributed by atoms with Crippen LogP contribution in [0.1, 0.15) is 40.4 Å². The van der Waals surface area contributed by atoms with Crippen LogP contribution < -0.4 is 11.3 Å². The van der Waals surface area contributed by atoms with Crippen molar-refractivity contribution in [3.8, 4) is 0 Å². The number of hydrogen-bond acceptors (Lipinski definition) is 5. The van der Waals surface area contributed by atoms with Crippen molar-refractivity contribution in [1.29, 1.82) is 0 Å². The van der Waals surface area contributed by atoms with Crippen molar-refractivity contribution < 1.29 is 14.7 Å². The number of aromatic carboxylic acids is 1. The van der Waals surface area contributed by atoms with Gasteiger partial charge in [-0.3, -0.25) is 14.6 Å². The van der Waals surface area contributed by atoms with E-state index < -0.39 is 5.97 Å². The maximum Gasteiger partial charge on any atom is 0.335 e. The Balaban J connectivity index is 1.68. The molecule has 0 aliphatic carbocycles. The Hall–Kier alpha value is -3.16. The third-order valence-electron chi connectivity index (χ3n) is 4.55. The van der Waals surface area contributed by atoms with E-state index in [2.05, 4.69) is 9.97 Å². The molecule has 1 fully saturated rings. The predicted octanol–water partition coefficient (Wildman–Crippen LogP) is 0.999. The molecule has 4 N–H and O–H groups in total. The summed E-state index contributed by atoms with van der Waals surface area (Å²) in [5.74, 6) is -0.904. The summed E-state index contributed by atoms with van der Waals surface area (Å²) >= 11 is 0. The van der Waals surface area contributed by atoms with Crippen molar-refractivity contribution in [2.75, 3.05) is 18.8 Å². The van der Waals surface area contributed by atoms with Crippen LogP contribution in [0.4, 0.5) is 5.95 Å². The lowest BCUT2D eigenvalue weighted by molar-refractivity contribution is -0.131. The number of nitrogen functional groups attached to an aromatic ring is 1. The van der Waals surface area contributed by atoms with E-state index in [0.29, 0.717) is 18.8 Å². The van der Waals surface area contributed by atoms with E-state index in [-0.39, 0.29) is 35.3 Å². The first-order valence-corrected chi connectivity index (χ1v) is 8.39. The maximum absolute atomic E-state index is 12.6. The van der Waals surface area contributed by atoms with Crippen molar-refractivity contribution in [2.45, 2.75) is 25.2 Å². The fraction of sp³-hybridized carbons (Fsp3) is 0.333. The zero-order chi connectivity index (χ0) is 18.7. The topological polar surface area (TPSA) is 129 Å². The minimum Gasteiger partial charge on any atom is -0.478 e. The number of rotatable bonds is 4. The van der Waals surface area contributed by atoms with Gasteiger partial charge in [-0.1, -0.05) is 12.1 Å². The number of carboxylic acid groups (broad SMARTS) is 1. The molecule has 1 aliphatic rings. The number of aromatic nitrogens is 2. The third-order valence-corrected chi connectivity index (χ3v) is 4.55. The molecule has 0 radical (unpaired) electrons. The number of H-pyrrole nitrogens is 1. The van der Waals surface area contributed by atoms with Gasteiger partial charge in [0.05, 0.1) is 17.7 Å². The molecule has 1 aromatic carbocycles. The predicted molar refractivity (Wildman–Crippen MR) is 94.9 cm³/mol. The average Bonchev–Trinajstić information content (AvgIpc) is 2.61. The second-order valence-electron chi connectivity index (χ2n) is 6.40. The van der Waals surface area contributed by atoms with Crippen LogP contribution in [0.25, 0.3) is 0 Å². The van der Waals surface area contributed by atoms with Crippen LogP contribution in [0.2, 0.25) is 0 Å². The fourth-order valence-corrected chi connectivity index (χ4v) is 3.26. The lowest BCUT2D eigenvalue weighted by atomic mass is 9.90. The van der Waals surface area contributed by atoms with Crippen molar-refractivity contribution in [1.82, 2.24) is 14.9 Å². The summed E-state index contributed by atoms with van der Waals surface area (Å²) in [4.78, 5) is 43.1. The number of amides is 1. The largest absolute Gasteiger partial charge is 0.478 e. The van der Waals surface area contributed by atoms with Gasteiger partial charge in [-0.05, 0) is 30.5 Å². The molecule has 3 rings (SSSR count). The zero-order valence-electron chi connectivity index (χ0n) is 14.1. The highest BCUT2D eigenvalue weighted by Crippen LogP contribution is 2.27. The summed E-state index contributed by atoms with van der Waals surface area (Å²) in [7, 11) is 0. The SMILES string of the molecule is Nc1nc(CC(=O)N2CCCC(c3ccc(C(=O)O)cc3)C2)cc(=O)[nH]1. The minimum absolute atomic E-state index is 0.00431. The number of anilines is 1. The van der Waals surface area contributed by atoms with Crippen LogP contribution in [0, 0.1) is 0 Å². The van der Waals surface area contributed by atoms with Gasteiger partial charge in [0, 0.05) is 25.1 Å². The third kappa shape index (κ3) is 4.08. The molecule has 1 unspecified atom stereocenters. The Labute approximate surface area is 149 Å². The van der Waals surface area contributed by atoms with E-state index in [0.717, 1.165) is 18.4 Å². The number of carboxylic acids is 1.